The molecule has 0 bridgehead atoms. The van der Waals surface area contributed by atoms with Gasteiger partial charge in [-0.2, -0.15) is 5.10 Å². The molecular formula is C13H9ClN2O2. The zero-order valence-electron chi connectivity index (χ0n) is 9.55. The maximum atomic E-state index is 10.6. The predicted octanol–water partition coefficient (Wildman–Crippen LogP) is 3.30. The molecule has 0 aliphatic carbocycles. The van der Waals surface area contributed by atoms with Crippen molar-refractivity contribution in [2.75, 3.05) is 0 Å². The van der Waals surface area contributed by atoms with Crippen molar-refractivity contribution in [1.29, 1.82) is 0 Å². The van der Waals surface area contributed by atoms with E-state index in [9.17, 15) is 4.79 Å². The van der Waals surface area contributed by atoms with Gasteiger partial charge in [-0.25, -0.2) is 0 Å². The number of benzene rings is 1. The Balaban J connectivity index is 2.21. The Morgan fingerprint density at radius 2 is 2.22 bits per heavy atom. The van der Waals surface area contributed by atoms with Crippen LogP contribution in [0.5, 0.6) is 0 Å². The first-order valence-electron chi connectivity index (χ1n) is 5.35. The maximum Gasteiger partial charge on any atom is 0.185 e. The molecule has 0 N–H and O–H groups in total. The summed E-state index contributed by atoms with van der Waals surface area (Å²) in [6.07, 6.45) is 2.57. The molecular weight excluding hydrogens is 252 g/mol. The van der Waals surface area contributed by atoms with Crippen LogP contribution in [-0.4, -0.2) is 16.1 Å². The summed E-state index contributed by atoms with van der Waals surface area (Å²) in [7, 11) is 1.85. The second-order valence-electron chi connectivity index (χ2n) is 4.01. The second kappa shape index (κ2) is 3.99. The molecule has 0 spiro atoms. The molecule has 90 valence electrons. The van der Waals surface area contributed by atoms with Gasteiger partial charge in [0, 0.05) is 24.2 Å². The Kier molecular flexibility index (Phi) is 2.45. The fourth-order valence-corrected chi connectivity index (χ4v) is 2.17. The SMILES string of the molecule is Cn1cc2cc(-c3ccc(C=O)o3)c(Cl)cc2n1. The first-order chi connectivity index (χ1) is 8.67. The molecule has 0 fully saturated rings. The Morgan fingerprint density at radius 3 is 2.94 bits per heavy atom. The van der Waals surface area contributed by atoms with Gasteiger partial charge in [-0.3, -0.25) is 9.48 Å². The van der Waals surface area contributed by atoms with Crippen molar-refractivity contribution in [3.05, 3.63) is 41.2 Å². The lowest BCUT2D eigenvalue weighted by molar-refractivity contribution is 0.110. The van der Waals surface area contributed by atoms with Gasteiger partial charge in [-0.05, 0) is 24.3 Å². The molecule has 4 nitrogen and oxygen atoms in total. The van der Waals surface area contributed by atoms with Crippen molar-refractivity contribution in [3.8, 4) is 11.3 Å². The van der Waals surface area contributed by atoms with E-state index in [1.165, 1.54) is 0 Å². The number of carbonyl (C=O) groups excluding carboxylic acids is 1. The van der Waals surface area contributed by atoms with Crippen LogP contribution >= 0.6 is 11.6 Å². The summed E-state index contributed by atoms with van der Waals surface area (Å²) >= 11 is 6.20. The molecule has 5 heteroatoms. The van der Waals surface area contributed by atoms with Crippen LogP contribution < -0.4 is 0 Å². The molecule has 0 radical (unpaired) electrons. The molecule has 1 aromatic carbocycles. The number of hydrogen-bond donors (Lipinski definition) is 0. The maximum absolute atomic E-state index is 10.6. The normalized spacial score (nSPS) is 11.0. The Bertz CT molecular complexity index is 743. The molecule has 0 saturated heterocycles. The summed E-state index contributed by atoms with van der Waals surface area (Å²) in [6.45, 7) is 0. The molecule has 0 amide bonds. The quantitative estimate of drug-likeness (QED) is 0.664. The Labute approximate surface area is 108 Å². The highest BCUT2D eigenvalue weighted by Gasteiger charge is 2.11. The lowest BCUT2D eigenvalue weighted by atomic mass is 10.1. The molecule has 2 aromatic heterocycles. The minimum atomic E-state index is 0.285. The van der Waals surface area contributed by atoms with Crippen molar-refractivity contribution >= 4 is 28.8 Å². The van der Waals surface area contributed by atoms with E-state index in [0.717, 1.165) is 16.5 Å². The molecule has 2 heterocycles. The molecule has 0 atom stereocenters. The molecule has 0 saturated carbocycles. The number of aldehydes is 1. The minimum Gasteiger partial charge on any atom is -0.453 e. The van der Waals surface area contributed by atoms with Gasteiger partial charge in [0.25, 0.3) is 0 Å². The van der Waals surface area contributed by atoms with Crippen molar-refractivity contribution < 1.29 is 9.21 Å². The number of aryl methyl sites for hydroxylation is 1. The highest BCUT2D eigenvalue weighted by Crippen LogP contribution is 2.32. The van der Waals surface area contributed by atoms with Crippen molar-refractivity contribution in [2.24, 2.45) is 7.05 Å². The summed E-state index contributed by atoms with van der Waals surface area (Å²) < 4.78 is 7.10. The van der Waals surface area contributed by atoms with Crippen LogP contribution in [0.3, 0.4) is 0 Å². The monoisotopic (exact) mass is 260 g/mol. The lowest BCUT2D eigenvalue weighted by Crippen LogP contribution is -1.84. The van der Waals surface area contributed by atoms with Gasteiger partial charge in [-0.1, -0.05) is 11.6 Å². The predicted molar refractivity (Wildman–Crippen MR) is 68.8 cm³/mol. The topological polar surface area (TPSA) is 48.0 Å². The van der Waals surface area contributed by atoms with Crippen LogP contribution in [-0.2, 0) is 7.05 Å². The minimum absolute atomic E-state index is 0.285. The van der Waals surface area contributed by atoms with E-state index in [0.29, 0.717) is 17.1 Å². The number of halogens is 1. The number of nitrogens with zero attached hydrogens (tertiary/aromatic N) is 2. The molecule has 0 aliphatic rings. The van der Waals surface area contributed by atoms with Gasteiger partial charge in [-0.15, -0.1) is 0 Å². The van der Waals surface area contributed by atoms with E-state index in [4.69, 9.17) is 16.0 Å². The highest BCUT2D eigenvalue weighted by molar-refractivity contribution is 6.34. The van der Waals surface area contributed by atoms with Gasteiger partial charge in [0.2, 0.25) is 0 Å². The summed E-state index contributed by atoms with van der Waals surface area (Å²) in [4.78, 5) is 10.6. The van der Waals surface area contributed by atoms with Crippen LogP contribution in [0.25, 0.3) is 22.2 Å². The summed E-state index contributed by atoms with van der Waals surface area (Å²) in [5, 5.41) is 5.80. The number of carbonyl (C=O) groups is 1. The Morgan fingerprint density at radius 1 is 1.39 bits per heavy atom. The van der Waals surface area contributed by atoms with E-state index in [2.05, 4.69) is 5.10 Å². The first-order valence-corrected chi connectivity index (χ1v) is 5.73. The van der Waals surface area contributed by atoms with Crippen LogP contribution in [0.4, 0.5) is 0 Å². The third-order valence-corrected chi connectivity index (χ3v) is 3.03. The molecule has 3 rings (SSSR count). The van der Waals surface area contributed by atoms with Gasteiger partial charge < -0.3 is 4.42 Å². The number of hydrogen-bond acceptors (Lipinski definition) is 3. The van der Waals surface area contributed by atoms with E-state index in [1.807, 2.05) is 19.3 Å². The van der Waals surface area contributed by atoms with Crippen molar-refractivity contribution in [2.45, 2.75) is 0 Å². The third kappa shape index (κ3) is 1.71. The fourth-order valence-electron chi connectivity index (χ4n) is 1.92. The van der Waals surface area contributed by atoms with Crippen LogP contribution in [0.15, 0.2) is 34.9 Å². The van der Waals surface area contributed by atoms with Gasteiger partial charge in [0.05, 0.1) is 10.5 Å². The number of furan rings is 1. The average Bonchev–Trinajstić information content (AvgIpc) is 2.92. The van der Waals surface area contributed by atoms with E-state index in [-0.39, 0.29) is 5.76 Å². The smallest absolute Gasteiger partial charge is 0.185 e. The number of aromatic nitrogens is 2. The molecule has 0 unspecified atom stereocenters. The fraction of sp³-hybridized carbons (Fsp3) is 0.0769. The first kappa shape index (κ1) is 11.0. The van der Waals surface area contributed by atoms with Gasteiger partial charge in [0.15, 0.2) is 12.0 Å². The summed E-state index contributed by atoms with van der Waals surface area (Å²) in [5.74, 6) is 0.861. The lowest BCUT2D eigenvalue weighted by Gasteiger charge is -2.00. The average molecular weight is 261 g/mol. The largest absolute Gasteiger partial charge is 0.453 e. The zero-order valence-corrected chi connectivity index (χ0v) is 10.3. The van der Waals surface area contributed by atoms with E-state index < -0.39 is 0 Å². The van der Waals surface area contributed by atoms with Gasteiger partial charge in [0.1, 0.15) is 5.76 Å². The van der Waals surface area contributed by atoms with Crippen LogP contribution in [0.1, 0.15) is 10.6 Å². The standard InChI is InChI=1S/C13H9ClN2O2/c1-16-6-8-4-10(11(14)5-12(8)15-16)13-3-2-9(7-17)18-13/h2-7H,1H3. The van der Waals surface area contributed by atoms with Gasteiger partial charge >= 0.3 is 0 Å². The molecule has 3 aromatic rings. The molecule has 0 aliphatic heterocycles. The number of rotatable bonds is 2. The summed E-state index contributed by atoms with van der Waals surface area (Å²) in [6, 6.07) is 7.03. The Hall–Kier alpha value is -2.07. The van der Waals surface area contributed by atoms with E-state index in [1.54, 1.807) is 22.9 Å². The second-order valence-corrected chi connectivity index (χ2v) is 4.42. The van der Waals surface area contributed by atoms with Crippen LogP contribution in [0.2, 0.25) is 5.02 Å². The zero-order chi connectivity index (χ0) is 12.7. The summed E-state index contributed by atoms with van der Waals surface area (Å²) in [5.41, 5.74) is 1.58. The third-order valence-electron chi connectivity index (χ3n) is 2.72. The molecule has 18 heavy (non-hydrogen) atoms. The highest BCUT2D eigenvalue weighted by atomic mass is 35.5. The van der Waals surface area contributed by atoms with Crippen molar-refractivity contribution in [3.63, 3.8) is 0 Å². The van der Waals surface area contributed by atoms with Crippen LogP contribution in [0, 0.1) is 0 Å². The number of fused-ring (bicyclic) bond motifs is 1. The van der Waals surface area contributed by atoms with Crippen molar-refractivity contribution in [1.82, 2.24) is 9.78 Å². The van der Waals surface area contributed by atoms with E-state index >= 15 is 0 Å².